The van der Waals surface area contributed by atoms with Gasteiger partial charge in [0.05, 0.1) is 18.2 Å². The maximum atomic E-state index is 11.9. The van der Waals surface area contributed by atoms with Crippen molar-refractivity contribution >= 4 is 18.2 Å². The average Bonchev–Trinajstić information content (AvgIpc) is 3.11. The highest BCUT2D eigenvalue weighted by molar-refractivity contribution is 7.71. The van der Waals surface area contributed by atoms with Crippen LogP contribution in [0, 0.1) is 17.0 Å². The molecular formula is C17H27N3O5S. The number of nitrogens with one attached hydrogen (secondary N) is 1. The van der Waals surface area contributed by atoms with Crippen LogP contribution in [0.1, 0.15) is 44.9 Å². The van der Waals surface area contributed by atoms with Gasteiger partial charge in [-0.25, -0.2) is 4.79 Å². The molecule has 9 heteroatoms. The van der Waals surface area contributed by atoms with Gasteiger partial charge in [-0.1, -0.05) is 38.4 Å². The predicted octanol–water partition coefficient (Wildman–Crippen LogP) is 1.09. The van der Waals surface area contributed by atoms with Crippen LogP contribution in [0.15, 0.2) is 11.0 Å². The first kappa shape index (κ1) is 24.0. The number of aromatic amines is 1. The summed E-state index contributed by atoms with van der Waals surface area (Å²) in [5, 5.41) is 7.00. The van der Waals surface area contributed by atoms with Crippen molar-refractivity contribution in [2.75, 3.05) is 20.3 Å². The van der Waals surface area contributed by atoms with E-state index in [-0.39, 0.29) is 29.6 Å². The molecule has 1 fully saturated rings. The van der Waals surface area contributed by atoms with Gasteiger partial charge in [0.1, 0.15) is 17.5 Å². The molecule has 0 saturated carbocycles. The molecule has 2 rings (SSSR count). The molecule has 0 radical (unpaired) electrons. The molecule has 8 nitrogen and oxygen atoms in total. The van der Waals surface area contributed by atoms with Crippen LogP contribution in [0.25, 0.3) is 0 Å². The summed E-state index contributed by atoms with van der Waals surface area (Å²) < 4.78 is 12.2. The van der Waals surface area contributed by atoms with E-state index in [2.05, 4.69) is 24.8 Å². The van der Waals surface area contributed by atoms with E-state index in [4.69, 9.17) is 39.0 Å². The molecule has 1 aromatic heterocycles. The van der Waals surface area contributed by atoms with Crippen molar-refractivity contribution in [3.63, 3.8) is 0 Å². The number of esters is 1. The molecule has 0 spiro atoms. The molecule has 2 atom stereocenters. The number of aliphatic hydroxyl groups excluding tert-OH is 1. The lowest BCUT2D eigenvalue weighted by Crippen LogP contribution is -2.28. The van der Waals surface area contributed by atoms with Gasteiger partial charge in [0, 0.05) is 13.3 Å². The van der Waals surface area contributed by atoms with E-state index >= 15 is 0 Å². The first-order chi connectivity index (χ1) is 12.5. The lowest BCUT2D eigenvalue weighted by Gasteiger charge is -2.16. The molecule has 26 heavy (non-hydrogen) atoms. The van der Waals surface area contributed by atoms with Crippen molar-refractivity contribution in [2.45, 2.75) is 45.4 Å². The fourth-order valence-corrected chi connectivity index (χ4v) is 2.26. The first-order valence-electron chi connectivity index (χ1n) is 8.24. The van der Waals surface area contributed by atoms with Crippen LogP contribution in [0.2, 0.25) is 0 Å². The number of nitrogens with two attached hydrogens (primary N) is 1. The van der Waals surface area contributed by atoms with E-state index in [0.29, 0.717) is 18.4 Å². The number of rotatable bonds is 4. The quantitative estimate of drug-likeness (QED) is 0.403. The van der Waals surface area contributed by atoms with Gasteiger partial charge in [0.2, 0.25) is 0 Å². The zero-order valence-corrected chi connectivity index (χ0v) is 16.2. The number of H-pyrrole nitrogens is 1. The summed E-state index contributed by atoms with van der Waals surface area (Å²) in [7, 11) is 1.00. The second-order valence-corrected chi connectivity index (χ2v) is 5.65. The third kappa shape index (κ3) is 7.49. The van der Waals surface area contributed by atoms with E-state index in [9.17, 15) is 9.59 Å². The predicted molar refractivity (Wildman–Crippen MR) is 101 cm³/mol. The van der Waals surface area contributed by atoms with Gasteiger partial charge < -0.3 is 20.3 Å². The Hall–Kier alpha value is -1.99. The summed E-state index contributed by atoms with van der Waals surface area (Å²) in [5.41, 5.74) is 5.18. The van der Waals surface area contributed by atoms with Crippen LogP contribution in [0.4, 0.5) is 0 Å². The molecule has 2 heterocycles. The minimum absolute atomic E-state index is 0.117. The molecule has 1 saturated heterocycles. The van der Waals surface area contributed by atoms with Crippen LogP contribution < -0.4 is 11.4 Å². The summed E-state index contributed by atoms with van der Waals surface area (Å²) in [6, 6.07) is 0. The first-order valence-corrected chi connectivity index (χ1v) is 8.65. The number of ether oxygens (including phenoxy) is 2. The number of carbonyl (C=O) groups excluding carboxylic acids is 1. The van der Waals surface area contributed by atoms with Gasteiger partial charge in [-0.05, 0) is 12.8 Å². The number of aromatic nitrogens is 2. The molecule has 1 aliphatic heterocycles. The van der Waals surface area contributed by atoms with Crippen molar-refractivity contribution in [1.29, 1.82) is 0 Å². The number of hydrogen-bond acceptors (Lipinski definition) is 7. The second-order valence-electron chi connectivity index (χ2n) is 5.24. The van der Waals surface area contributed by atoms with E-state index in [1.807, 2.05) is 0 Å². The number of nitrogens with zero attached hydrogens (tertiary/aromatic N) is 1. The van der Waals surface area contributed by atoms with Gasteiger partial charge in [-0.15, -0.1) is 6.42 Å². The third-order valence-corrected chi connectivity index (χ3v) is 3.44. The Balaban J connectivity index is 0.00000113. The molecule has 1 aliphatic rings. The third-order valence-electron chi connectivity index (χ3n) is 3.12. The summed E-state index contributed by atoms with van der Waals surface area (Å²) in [6.07, 6.45) is 8.62. The average molecular weight is 385 g/mol. The minimum atomic E-state index is -0.488. The molecule has 0 amide bonds. The largest absolute Gasteiger partial charge is 0.462 e. The van der Waals surface area contributed by atoms with Crippen LogP contribution in [-0.2, 0) is 14.3 Å². The normalized spacial score (nSPS) is 17.8. The number of terminal acetylenes is 1. The summed E-state index contributed by atoms with van der Waals surface area (Å²) in [6.45, 7) is 4.20. The Kier molecular flexibility index (Phi) is 12.2. The standard InChI is InChI=1S/C13H15N3O4S.C3H8.CH4O/c1-2-8-6-16(13(18)15-12(8)21)10-4-3-9(20-10)7-19-11(17)5-14;1-3-2;1-2/h1,6,9-10H,3-5,7,14H2,(H,15,18,21);3H2,1-2H3;2H,1H3. The van der Waals surface area contributed by atoms with Gasteiger partial charge in [-0.2, -0.15) is 0 Å². The number of hydrogen-bond donors (Lipinski definition) is 3. The SMILES string of the molecule is C#Cc1cn(C2CCC(COC(=O)CN)O2)c(=O)[nH]c1=S.CCC.CO. The molecular weight excluding hydrogens is 358 g/mol. The molecule has 0 aliphatic carbocycles. The summed E-state index contributed by atoms with van der Waals surface area (Å²) in [5.74, 6) is 1.92. The highest BCUT2D eigenvalue weighted by Crippen LogP contribution is 2.27. The molecule has 0 aromatic carbocycles. The van der Waals surface area contributed by atoms with Crippen LogP contribution in [0.3, 0.4) is 0 Å². The van der Waals surface area contributed by atoms with Crippen LogP contribution in [0.5, 0.6) is 0 Å². The maximum absolute atomic E-state index is 11.9. The smallest absolute Gasteiger partial charge is 0.328 e. The van der Waals surface area contributed by atoms with E-state index in [1.165, 1.54) is 17.2 Å². The fourth-order valence-electron chi connectivity index (χ4n) is 2.06. The molecule has 146 valence electrons. The fraction of sp³-hybridized carbons (Fsp3) is 0.588. The Labute approximate surface area is 158 Å². The zero-order chi connectivity index (χ0) is 20.1. The van der Waals surface area contributed by atoms with Crippen molar-refractivity contribution in [3.05, 3.63) is 26.9 Å². The number of aliphatic hydroxyl groups is 1. The lowest BCUT2D eigenvalue weighted by molar-refractivity contribution is -0.146. The molecule has 0 bridgehead atoms. The summed E-state index contributed by atoms with van der Waals surface area (Å²) >= 11 is 4.96. The number of carbonyl (C=O) groups is 1. The Bertz CT molecular complexity index is 708. The van der Waals surface area contributed by atoms with Crippen molar-refractivity contribution in [2.24, 2.45) is 5.73 Å². The molecule has 2 unspecified atom stereocenters. The Morgan fingerprint density at radius 2 is 2.15 bits per heavy atom. The zero-order valence-electron chi connectivity index (χ0n) is 15.4. The maximum Gasteiger partial charge on any atom is 0.328 e. The van der Waals surface area contributed by atoms with Crippen molar-refractivity contribution in [1.82, 2.24) is 9.55 Å². The highest BCUT2D eigenvalue weighted by Gasteiger charge is 2.28. The van der Waals surface area contributed by atoms with Gasteiger partial charge >= 0.3 is 11.7 Å². The van der Waals surface area contributed by atoms with Crippen molar-refractivity contribution < 1.29 is 19.4 Å². The molecule has 1 aromatic rings. The van der Waals surface area contributed by atoms with E-state index in [0.717, 1.165) is 7.11 Å². The van der Waals surface area contributed by atoms with Crippen LogP contribution in [-0.4, -0.2) is 47.0 Å². The van der Waals surface area contributed by atoms with Gasteiger partial charge in [0.25, 0.3) is 0 Å². The van der Waals surface area contributed by atoms with Crippen molar-refractivity contribution in [3.8, 4) is 12.3 Å². The van der Waals surface area contributed by atoms with Crippen LogP contribution >= 0.6 is 12.2 Å². The van der Waals surface area contributed by atoms with Gasteiger partial charge in [0.15, 0.2) is 0 Å². The minimum Gasteiger partial charge on any atom is -0.462 e. The molecule has 4 N–H and O–H groups in total. The van der Waals surface area contributed by atoms with E-state index in [1.54, 1.807) is 0 Å². The lowest BCUT2D eigenvalue weighted by atomic mass is 10.2. The monoisotopic (exact) mass is 385 g/mol. The highest BCUT2D eigenvalue weighted by atomic mass is 32.1. The topological polar surface area (TPSA) is 120 Å². The summed E-state index contributed by atoms with van der Waals surface area (Å²) in [4.78, 5) is 25.4. The second kappa shape index (κ2) is 13.2. The van der Waals surface area contributed by atoms with Gasteiger partial charge in [-0.3, -0.25) is 14.3 Å². The Morgan fingerprint density at radius 3 is 2.69 bits per heavy atom. The van der Waals surface area contributed by atoms with E-state index < -0.39 is 12.2 Å². The Morgan fingerprint density at radius 1 is 1.54 bits per heavy atom.